The number of nitrogens with zero attached hydrogens (tertiary/aromatic N) is 3. The van der Waals surface area contributed by atoms with Gasteiger partial charge < -0.3 is 5.32 Å². The SMILES string of the molecule is CC(Nc1nc(Cl)nc2[nH]ncc12)c1ccc(Cl)cc1. The number of anilines is 1. The molecule has 0 saturated carbocycles. The number of aromatic nitrogens is 4. The minimum atomic E-state index is 0.0522. The average Bonchev–Trinajstić information content (AvgIpc) is 2.87. The zero-order valence-corrected chi connectivity index (χ0v) is 12.1. The first-order valence-electron chi connectivity index (χ1n) is 6.02. The number of nitrogens with one attached hydrogen (secondary N) is 2. The van der Waals surface area contributed by atoms with Gasteiger partial charge in [-0.25, -0.2) is 0 Å². The zero-order valence-electron chi connectivity index (χ0n) is 10.6. The normalized spacial score (nSPS) is 12.6. The largest absolute Gasteiger partial charge is 0.363 e. The fourth-order valence-corrected chi connectivity index (χ4v) is 2.25. The molecule has 2 N–H and O–H groups in total. The van der Waals surface area contributed by atoms with E-state index in [-0.39, 0.29) is 11.3 Å². The maximum absolute atomic E-state index is 5.90. The second-order valence-corrected chi connectivity index (χ2v) is 5.17. The van der Waals surface area contributed by atoms with Gasteiger partial charge in [0.2, 0.25) is 5.28 Å². The van der Waals surface area contributed by atoms with E-state index < -0.39 is 0 Å². The van der Waals surface area contributed by atoms with Crippen LogP contribution in [0.5, 0.6) is 0 Å². The number of rotatable bonds is 3. The van der Waals surface area contributed by atoms with E-state index >= 15 is 0 Å². The van der Waals surface area contributed by atoms with E-state index in [2.05, 4.69) is 25.5 Å². The van der Waals surface area contributed by atoms with Crippen LogP contribution in [-0.4, -0.2) is 20.2 Å². The molecule has 3 aromatic rings. The van der Waals surface area contributed by atoms with Crippen LogP contribution in [0.1, 0.15) is 18.5 Å². The summed E-state index contributed by atoms with van der Waals surface area (Å²) < 4.78 is 0. The molecule has 1 atom stereocenters. The summed E-state index contributed by atoms with van der Waals surface area (Å²) >= 11 is 11.8. The molecular formula is C13H11Cl2N5. The molecule has 2 aromatic heterocycles. The van der Waals surface area contributed by atoms with Crippen molar-refractivity contribution in [2.75, 3.05) is 5.32 Å². The van der Waals surface area contributed by atoms with Crippen molar-refractivity contribution >= 4 is 40.1 Å². The van der Waals surface area contributed by atoms with Crippen molar-refractivity contribution in [2.45, 2.75) is 13.0 Å². The highest BCUT2D eigenvalue weighted by Crippen LogP contribution is 2.25. The molecule has 3 rings (SSSR count). The van der Waals surface area contributed by atoms with Gasteiger partial charge in [-0.3, -0.25) is 5.10 Å². The van der Waals surface area contributed by atoms with Crippen LogP contribution in [0, 0.1) is 0 Å². The molecule has 0 radical (unpaired) electrons. The Morgan fingerprint density at radius 2 is 1.90 bits per heavy atom. The Balaban J connectivity index is 1.92. The second-order valence-electron chi connectivity index (χ2n) is 4.39. The van der Waals surface area contributed by atoms with Crippen LogP contribution < -0.4 is 5.32 Å². The van der Waals surface area contributed by atoms with Gasteiger partial charge >= 0.3 is 0 Å². The highest BCUT2D eigenvalue weighted by molar-refractivity contribution is 6.30. The third-order valence-electron chi connectivity index (χ3n) is 3.01. The van der Waals surface area contributed by atoms with Gasteiger partial charge in [0.15, 0.2) is 5.65 Å². The predicted octanol–water partition coefficient (Wildman–Crippen LogP) is 3.83. The quantitative estimate of drug-likeness (QED) is 0.722. The Morgan fingerprint density at radius 1 is 1.15 bits per heavy atom. The summed E-state index contributed by atoms with van der Waals surface area (Å²) in [6.45, 7) is 2.03. The van der Waals surface area contributed by atoms with E-state index in [4.69, 9.17) is 23.2 Å². The molecule has 7 heteroatoms. The molecular weight excluding hydrogens is 297 g/mol. The molecule has 0 amide bonds. The number of fused-ring (bicyclic) bond motifs is 1. The van der Waals surface area contributed by atoms with Gasteiger partial charge in [0, 0.05) is 11.1 Å². The van der Waals surface area contributed by atoms with Crippen LogP contribution >= 0.6 is 23.2 Å². The lowest BCUT2D eigenvalue weighted by atomic mass is 10.1. The minimum Gasteiger partial charge on any atom is -0.363 e. The lowest BCUT2D eigenvalue weighted by Crippen LogP contribution is -2.08. The number of H-pyrrole nitrogens is 1. The Bertz CT molecular complexity index is 738. The van der Waals surface area contributed by atoms with Crippen molar-refractivity contribution in [1.82, 2.24) is 20.2 Å². The third kappa shape index (κ3) is 2.55. The zero-order chi connectivity index (χ0) is 14.1. The summed E-state index contributed by atoms with van der Waals surface area (Å²) in [6, 6.07) is 7.70. The third-order valence-corrected chi connectivity index (χ3v) is 3.43. The molecule has 0 aliphatic carbocycles. The van der Waals surface area contributed by atoms with E-state index in [0.717, 1.165) is 10.9 Å². The topological polar surface area (TPSA) is 66.5 Å². The predicted molar refractivity (Wildman–Crippen MR) is 80.2 cm³/mol. The molecule has 5 nitrogen and oxygen atoms in total. The lowest BCUT2D eigenvalue weighted by Gasteiger charge is -2.15. The van der Waals surface area contributed by atoms with Crippen molar-refractivity contribution in [3.63, 3.8) is 0 Å². The van der Waals surface area contributed by atoms with E-state index in [1.165, 1.54) is 0 Å². The minimum absolute atomic E-state index is 0.0522. The van der Waals surface area contributed by atoms with Gasteiger partial charge in [0.25, 0.3) is 0 Å². The van der Waals surface area contributed by atoms with Gasteiger partial charge in [0.1, 0.15) is 5.82 Å². The number of hydrogen-bond acceptors (Lipinski definition) is 4. The van der Waals surface area contributed by atoms with Gasteiger partial charge in [-0.2, -0.15) is 15.1 Å². The number of benzene rings is 1. The smallest absolute Gasteiger partial charge is 0.226 e. The Kier molecular flexibility index (Phi) is 3.46. The maximum Gasteiger partial charge on any atom is 0.226 e. The molecule has 0 bridgehead atoms. The molecule has 0 spiro atoms. The van der Waals surface area contributed by atoms with E-state index in [0.29, 0.717) is 16.5 Å². The molecule has 1 unspecified atom stereocenters. The first kappa shape index (κ1) is 13.1. The summed E-state index contributed by atoms with van der Waals surface area (Å²) in [7, 11) is 0. The van der Waals surface area contributed by atoms with Crippen LogP contribution in [-0.2, 0) is 0 Å². The molecule has 0 aliphatic rings. The molecule has 102 valence electrons. The van der Waals surface area contributed by atoms with Crippen LogP contribution in [0.15, 0.2) is 30.5 Å². The molecule has 0 aliphatic heterocycles. The first-order valence-corrected chi connectivity index (χ1v) is 6.77. The molecule has 0 saturated heterocycles. The van der Waals surface area contributed by atoms with E-state index in [1.54, 1.807) is 6.20 Å². The first-order chi connectivity index (χ1) is 9.63. The number of aromatic amines is 1. The van der Waals surface area contributed by atoms with Crippen molar-refractivity contribution in [1.29, 1.82) is 0 Å². The lowest BCUT2D eigenvalue weighted by molar-refractivity contribution is 0.876. The summed E-state index contributed by atoms with van der Waals surface area (Å²) in [5.41, 5.74) is 1.71. The second kappa shape index (κ2) is 5.26. The Hall–Kier alpha value is -1.85. The highest BCUT2D eigenvalue weighted by atomic mass is 35.5. The fraction of sp³-hybridized carbons (Fsp3) is 0.154. The van der Waals surface area contributed by atoms with E-state index in [9.17, 15) is 0 Å². The fourth-order valence-electron chi connectivity index (χ4n) is 1.96. The van der Waals surface area contributed by atoms with Crippen molar-refractivity contribution in [3.05, 3.63) is 46.3 Å². The van der Waals surface area contributed by atoms with Crippen molar-refractivity contribution < 1.29 is 0 Å². The summed E-state index contributed by atoms with van der Waals surface area (Å²) in [5, 5.41) is 11.7. The molecule has 0 fully saturated rings. The average molecular weight is 308 g/mol. The van der Waals surface area contributed by atoms with Crippen molar-refractivity contribution in [3.8, 4) is 0 Å². The molecule has 2 heterocycles. The Labute approximate surface area is 125 Å². The number of halogens is 2. The number of hydrogen-bond donors (Lipinski definition) is 2. The maximum atomic E-state index is 5.90. The Morgan fingerprint density at radius 3 is 2.65 bits per heavy atom. The summed E-state index contributed by atoms with van der Waals surface area (Å²) in [4.78, 5) is 8.28. The van der Waals surface area contributed by atoms with Crippen molar-refractivity contribution in [2.24, 2.45) is 0 Å². The van der Waals surface area contributed by atoms with Crippen LogP contribution in [0.3, 0.4) is 0 Å². The van der Waals surface area contributed by atoms with Gasteiger partial charge in [-0.05, 0) is 36.2 Å². The van der Waals surface area contributed by atoms with Gasteiger partial charge in [0.05, 0.1) is 11.6 Å². The molecule has 1 aromatic carbocycles. The van der Waals surface area contributed by atoms with Gasteiger partial charge in [-0.1, -0.05) is 23.7 Å². The van der Waals surface area contributed by atoms with Crippen LogP contribution in [0.2, 0.25) is 10.3 Å². The summed E-state index contributed by atoms with van der Waals surface area (Å²) in [6.07, 6.45) is 1.67. The summed E-state index contributed by atoms with van der Waals surface area (Å²) in [5.74, 6) is 0.649. The monoisotopic (exact) mass is 307 g/mol. The van der Waals surface area contributed by atoms with Gasteiger partial charge in [-0.15, -0.1) is 0 Å². The molecule has 20 heavy (non-hydrogen) atoms. The van der Waals surface area contributed by atoms with E-state index in [1.807, 2.05) is 31.2 Å². The standard InChI is InChI=1S/C13H11Cl2N5/c1-7(8-2-4-9(14)5-3-8)17-11-10-6-16-20-12(10)19-13(15)18-11/h2-7H,1H3,(H2,16,17,18,19,20). The van der Waals surface area contributed by atoms with Crippen LogP contribution in [0.4, 0.5) is 5.82 Å². The van der Waals surface area contributed by atoms with Crippen LogP contribution in [0.25, 0.3) is 11.0 Å². The highest BCUT2D eigenvalue weighted by Gasteiger charge is 2.12.